The molecule has 3 aromatic heterocycles. The van der Waals surface area contributed by atoms with E-state index in [0.717, 1.165) is 54.2 Å². The van der Waals surface area contributed by atoms with Crippen LogP contribution in [0.5, 0.6) is 0 Å². The molecular weight excluding hydrogens is 386 g/mol. The Morgan fingerprint density at radius 2 is 2.13 bits per heavy atom. The van der Waals surface area contributed by atoms with E-state index in [0.29, 0.717) is 6.04 Å². The van der Waals surface area contributed by atoms with Crippen molar-refractivity contribution in [2.24, 2.45) is 5.92 Å². The first kappa shape index (κ1) is 18.8. The van der Waals surface area contributed by atoms with E-state index < -0.39 is 0 Å². The second-order valence-electron chi connectivity index (χ2n) is 8.97. The molecule has 2 aliphatic rings. The van der Waals surface area contributed by atoms with Gasteiger partial charge < -0.3 is 4.57 Å². The second-order valence-corrected chi connectivity index (χ2v) is 8.97. The summed E-state index contributed by atoms with van der Waals surface area (Å²) in [6.07, 6.45) is 13.9. The highest BCUT2D eigenvalue weighted by Gasteiger charge is 2.26. The lowest BCUT2D eigenvalue weighted by atomic mass is 9.97. The monoisotopic (exact) mass is 413 g/mol. The van der Waals surface area contributed by atoms with Gasteiger partial charge in [0.25, 0.3) is 0 Å². The fourth-order valence-electron chi connectivity index (χ4n) is 5.27. The first-order valence-corrected chi connectivity index (χ1v) is 11.4. The maximum absolute atomic E-state index is 5.46. The van der Waals surface area contributed by atoms with Crippen molar-refractivity contribution in [3.05, 3.63) is 60.2 Å². The lowest BCUT2D eigenvalue weighted by Crippen LogP contribution is -2.05. The molecule has 1 saturated carbocycles. The lowest BCUT2D eigenvalue weighted by Gasteiger charge is -2.14. The average molecular weight is 414 g/mol. The predicted molar refractivity (Wildman–Crippen MR) is 122 cm³/mol. The third-order valence-corrected chi connectivity index (χ3v) is 6.95. The Labute approximate surface area is 181 Å². The number of pyridine rings is 1. The van der Waals surface area contributed by atoms with Gasteiger partial charge in [0.05, 0.1) is 12.1 Å². The van der Waals surface area contributed by atoms with Crippen molar-refractivity contribution < 1.29 is 4.84 Å². The molecule has 0 saturated heterocycles. The molecule has 6 rings (SSSR count). The van der Waals surface area contributed by atoms with Crippen LogP contribution in [0, 0.1) is 5.92 Å². The molecule has 1 fully saturated rings. The number of aryl methyl sites for hydroxylation is 2. The Balaban J connectivity index is 1.14. The van der Waals surface area contributed by atoms with E-state index in [2.05, 4.69) is 56.5 Å². The fraction of sp³-hybridized carbons (Fsp3) is 0.400. The summed E-state index contributed by atoms with van der Waals surface area (Å²) in [4.78, 5) is 18.9. The lowest BCUT2D eigenvalue weighted by molar-refractivity contribution is 0.195. The Bertz CT molecular complexity index is 1230. The van der Waals surface area contributed by atoms with E-state index in [1.165, 1.54) is 42.2 Å². The van der Waals surface area contributed by atoms with Crippen molar-refractivity contribution in [2.75, 3.05) is 12.1 Å². The molecule has 0 radical (unpaired) electrons. The van der Waals surface area contributed by atoms with Gasteiger partial charge in [0.1, 0.15) is 12.0 Å². The van der Waals surface area contributed by atoms with Crippen molar-refractivity contribution in [3.8, 4) is 0 Å². The van der Waals surface area contributed by atoms with Crippen LogP contribution in [-0.4, -0.2) is 26.1 Å². The minimum Gasteiger partial charge on any atom is -0.329 e. The highest BCUT2D eigenvalue weighted by atomic mass is 16.6. The van der Waals surface area contributed by atoms with Gasteiger partial charge in [-0.05, 0) is 80.2 Å². The number of rotatable bonds is 4. The molecule has 31 heavy (non-hydrogen) atoms. The Morgan fingerprint density at radius 3 is 3.13 bits per heavy atom. The predicted octanol–water partition coefficient (Wildman–Crippen LogP) is 5.24. The molecule has 0 bridgehead atoms. The number of aromatic nitrogens is 4. The van der Waals surface area contributed by atoms with Crippen LogP contribution in [0.15, 0.2) is 49.1 Å². The Morgan fingerprint density at radius 1 is 1.13 bits per heavy atom. The van der Waals surface area contributed by atoms with E-state index in [1.807, 2.05) is 6.20 Å². The topological polar surface area (TPSA) is 64.9 Å². The number of hydrogen-bond donors (Lipinski definition) is 1. The van der Waals surface area contributed by atoms with E-state index in [-0.39, 0.29) is 0 Å². The average Bonchev–Trinajstić information content (AvgIpc) is 3.38. The molecule has 0 amide bonds. The molecule has 4 heterocycles. The first-order valence-electron chi connectivity index (χ1n) is 11.4. The zero-order valence-corrected chi connectivity index (χ0v) is 17.6. The van der Waals surface area contributed by atoms with Crippen molar-refractivity contribution in [1.29, 1.82) is 0 Å². The highest BCUT2D eigenvalue weighted by molar-refractivity contribution is 5.82. The van der Waals surface area contributed by atoms with Gasteiger partial charge in [0, 0.05) is 29.2 Å². The molecule has 1 aromatic carbocycles. The molecule has 2 unspecified atom stereocenters. The summed E-state index contributed by atoms with van der Waals surface area (Å²) in [6.45, 7) is 0.728. The molecule has 1 N–H and O–H groups in total. The van der Waals surface area contributed by atoms with Crippen LogP contribution in [-0.2, 0) is 17.7 Å². The third kappa shape index (κ3) is 3.65. The van der Waals surface area contributed by atoms with Crippen LogP contribution in [0.1, 0.15) is 49.3 Å². The van der Waals surface area contributed by atoms with E-state index in [1.54, 1.807) is 6.33 Å². The maximum atomic E-state index is 5.46. The van der Waals surface area contributed by atoms with Gasteiger partial charge in [0.2, 0.25) is 0 Å². The van der Waals surface area contributed by atoms with Crippen LogP contribution in [0.4, 0.5) is 5.82 Å². The summed E-state index contributed by atoms with van der Waals surface area (Å²) in [7, 11) is 0. The number of nitrogens with zero attached hydrogens (tertiary/aromatic N) is 4. The SMILES string of the molecule is c1ncc2ccn(C3CCC(CCc4ccc5cc6c(nc5c4)NOCCC6)C3)c2n1. The van der Waals surface area contributed by atoms with Crippen LogP contribution in [0.3, 0.4) is 0 Å². The van der Waals surface area contributed by atoms with Gasteiger partial charge in [-0.1, -0.05) is 12.1 Å². The normalized spacial score (nSPS) is 21.2. The maximum Gasteiger partial charge on any atom is 0.153 e. The van der Waals surface area contributed by atoms with Crippen molar-refractivity contribution in [2.45, 2.75) is 51.0 Å². The summed E-state index contributed by atoms with van der Waals surface area (Å²) < 4.78 is 2.36. The van der Waals surface area contributed by atoms with Crippen molar-refractivity contribution in [3.63, 3.8) is 0 Å². The smallest absolute Gasteiger partial charge is 0.153 e. The van der Waals surface area contributed by atoms with Gasteiger partial charge in [-0.15, -0.1) is 0 Å². The Hall–Kier alpha value is -2.99. The zero-order chi connectivity index (χ0) is 20.6. The van der Waals surface area contributed by atoms with Gasteiger partial charge in [0.15, 0.2) is 5.82 Å². The largest absolute Gasteiger partial charge is 0.329 e. The summed E-state index contributed by atoms with van der Waals surface area (Å²) >= 11 is 0. The van der Waals surface area contributed by atoms with Crippen LogP contribution >= 0.6 is 0 Å². The highest BCUT2D eigenvalue weighted by Crippen LogP contribution is 2.38. The number of benzene rings is 1. The first-order chi connectivity index (χ1) is 15.3. The minimum atomic E-state index is 0.553. The number of hydrogen-bond acceptors (Lipinski definition) is 5. The second kappa shape index (κ2) is 7.93. The number of nitrogens with one attached hydrogen (secondary N) is 1. The Kier molecular flexibility index (Phi) is 4.80. The molecule has 1 aliphatic carbocycles. The van der Waals surface area contributed by atoms with Gasteiger partial charge in [-0.3, -0.25) is 4.84 Å². The molecule has 2 atom stereocenters. The standard InChI is InChI=1S/C25H27N5O/c1-2-20-14-19-7-5-18(13-23(19)28-24(20)29-31-11-1)4-3-17-6-8-22(12-17)30-10-9-21-15-26-16-27-25(21)30/h5,7,9-10,13-17,22H,1-4,6,8,11-12H2,(H,28,29). The van der Waals surface area contributed by atoms with Gasteiger partial charge >= 0.3 is 0 Å². The minimum absolute atomic E-state index is 0.553. The summed E-state index contributed by atoms with van der Waals surface area (Å²) in [5.74, 6) is 1.64. The molecule has 4 aromatic rings. The van der Waals surface area contributed by atoms with Gasteiger partial charge in [-0.25, -0.2) is 20.4 Å². The molecule has 0 spiro atoms. The molecule has 158 valence electrons. The summed E-state index contributed by atoms with van der Waals surface area (Å²) in [6, 6.07) is 11.7. The summed E-state index contributed by atoms with van der Waals surface area (Å²) in [5.41, 5.74) is 7.76. The van der Waals surface area contributed by atoms with Crippen molar-refractivity contribution >= 4 is 27.8 Å². The van der Waals surface area contributed by atoms with Crippen molar-refractivity contribution in [1.82, 2.24) is 19.5 Å². The number of fused-ring (bicyclic) bond motifs is 3. The van der Waals surface area contributed by atoms with E-state index >= 15 is 0 Å². The zero-order valence-electron chi connectivity index (χ0n) is 17.6. The third-order valence-electron chi connectivity index (χ3n) is 6.95. The quantitative estimate of drug-likeness (QED) is 0.495. The number of anilines is 1. The van der Waals surface area contributed by atoms with Crippen LogP contribution in [0.2, 0.25) is 0 Å². The molecule has 6 heteroatoms. The summed E-state index contributed by atoms with van der Waals surface area (Å²) in [5, 5.41) is 2.35. The van der Waals surface area contributed by atoms with E-state index in [4.69, 9.17) is 9.82 Å². The van der Waals surface area contributed by atoms with Crippen LogP contribution < -0.4 is 5.48 Å². The van der Waals surface area contributed by atoms with Gasteiger partial charge in [-0.2, -0.15) is 0 Å². The molecule has 1 aliphatic heterocycles. The molecule has 6 nitrogen and oxygen atoms in total. The fourth-order valence-corrected chi connectivity index (χ4v) is 5.27. The molecular formula is C25H27N5O. The van der Waals surface area contributed by atoms with Crippen LogP contribution in [0.25, 0.3) is 21.9 Å². The van der Waals surface area contributed by atoms with E-state index in [9.17, 15) is 0 Å².